The number of halogens is 1. The Kier molecular flexibility index (Phi) is 4.06. The quantitative estimate of drug-likeness (QED) is 0.825. The summed E-state index contributed by atoms with van der Waals surface area (Å²) >= 11 is 0. The van der Waals surface area contributed by atoms with Gasteiger partial charge in [-0.25, -0.2) is 17.6 Å². The lowest BCUT2D eigenvalue weighted by molar-refractivity contribution is 0.0693. The van der Waals surface area contributed by atoms with Gasteiger partial charge in [0, 0.05) is 12.8 Å². The van der Waals surface area contributed by atoms with Gasteiger partial charge in [0.1, 0.15) is 21.2 Å². The van der Waals surface area contributed by atoms with Crippen LogP contribution >= 0.6 is 0 Å². The summed E-state index contributed by atoms with van der Waals surface area (Å²) in [5.74, 6) is -2.41. The molecule has 0 heterocycles. The summed E-state index contributed by atoms with van der Waals surface area (Å²) in [7, 11) is -3.14. The predicted octanol–water partition coefficient (Wildman–Crippen LogP) is 0.980. The summed E-state index contributed by atoms with van der Waals surface area (Å²) in [6, 6.07) is 3.77. The molecule has 0 amide bonds. The summed E-state index contributed by atoms with van der Waals surface area (Å²) in [5.41, 5.74) is -0.415. The van der Waals surface area contributed by atoms with Crippen LogP contribution < -0.4 is 5.32 Å². The topological polar surface area (TPSA) is 83.5 Å². The first-order valence-electron chi connectivity index (χ1n) is 4.74. The number of benzene rings is 1. The molecule has 0 aliphatic rings. The zero-order valence-corrected chi connectivity index (χ0v) is 9.92. The largest absolute Gasteiger partial charge is 0.478 e. The van der Waals surface area contributed by atoms with Crippen LogP contribution in [0.4, 0.5) is 10.1 Å². The van der Waals surface area contributed by atoms with Crippen LogP contribution in [0.15, 0.2) is 18.2 Å². The van der Waals surface area contributed by atoms with Gasteiger partial charge in [0.15, 0.2) is 0 Å². The molecule has 1 aromatic carbocycles. The van der Waals surface area contributed by atoms with Crippen LogP contribution in [-0.4, -0.2) is 38.0 Å². The lowest BCUT2D eigenvalue weighted by Gasteiger charge is -2.09. The second-order valence-electron chi connectivity index (χ2n) is 3.52. The number of aromatic carboxylic acids is 1. The molecule has 0 aromatic heterocycles. The van der Waals surface area contributed by atoms with Crippen molar-refractivity contribution in [3.8, 4) is 0 Å². The maximum absolute atomic E-state index is 13.2. The van der Waals surface area contributed by atoms with E-state index in [0.29, 0.717) is 0 Å². The Balaban J connectivity index is 2.85. The van der Waals surface area contributed by atoms with Crippen LogP contribution in [0.1, 0.15) is 10.4 Å². The number of carbonyl (C=O) groups is 1. The first-order chi connectivity index (χ1) is 7.81. The number of sulfone groups is 1. The maximum atomic E-state index is 13.2. The minimum Gasteiger partial charge on any atom is -0.478 e. The van der Waals surface area contributed by atoms with Gasteiger partial charge < -0.3 is 10.4 Å². The monoisotopic (exact) mass is 261 g/mol. The number of anilines is 1. The molecule has 0 bridgehead atoms. The Hall–Kier alpha value is -1.63. The highest BCUT2D eigenvalue weighted by Gasteiger charge is 2.15. The molecule has 7 heteroatoms. The first-order valence-corrected chi connectivity index (χ1v) is 6.81. The molecule has 0 spiro atoms. The molecule has 94 valence electrons. The van der Waals surface area contributed by atoms with Gasteiger partial charge in [-0.1, -0.05) is 6.07 Å². The summed E-state index contributed by atoms with van der Waals surface area (Å²) in [5, 5.41) is 11.4. The molecule has 0 aliphatic heterocycles. The maximum Gasteiger partial charge on any atom is 0.340 e. The van der Waals surface area contributed by atoms with Gasteiger partial charge in [-0.2, -0.15) is 0 Å². The lowest BCUT2D eigenvalue weighted by atomic mass is 10.1. The van der Waals surface area contributed by atoms with Crippen LogP contribution in [0.5, 0.6) is 0 Å². The van der Waals surface area contributed by atoms with Crippen molar-refractivity contribution in [1.82, 2.24) is 0 Å². The Bertz CT molecular complexity index is 527. The fraction of sp³-hybridized carbons (Fsp3) is 0.300. The third-order valence-corrected chi connectivity index (χ3v) is 2.96. The summed E-state index contributed by atoms with van der Waals surface area (Å²) in [4.78, 5) is 10.8. The molecule has 0 unspecified atom stereocenters. The molecular formula is C10H12FNO4S. The predicted molar refractivity (Wildman–Crippen MR) is 61.6 cm³/mol. The van der Waals surface area contributed by atoms with Crippen molar-refractivity contribution in [2.24, 2.45) is 0 Å². The van der Waals surface area contributed by atoms with E-state index >= 15 is 0 Å². The molecule has 0 aliphatic carbocycles. The molecule has 0 saturated heterocycles. The second kappa shape index (κ2) is 5.13. The molecule has 5 nitrogen and oxygen atoms in total. The van der Waals surface area contributed by atoms with Crippen molar-refractivity contribution >= 4 is 21.5 Å². The van der Waals surface area contributed by atoms with Gasteiger partial charge in [0.25, 0.3) is 0 Å². The lowest BCUT2D eigenvalue weighted by Crippen LogP contribution is -2.16. The molecule has 0 atom stereocenters. The molecule has 0 radical (unpaired) electrons. The van der Waals surface area contributed by atoms with E-state index in [4.69, 9.17) is 5.11 Å². The fourth-order valence-corrected chi connectivity index (χ4v) is 1.73. The van der Waals surface area contributed by atoms with Crippen molar-refractivity contribution in [3.05, 3.63) is 29.6 Å². The van der Waals surface area contributed by atoms with Gasteiger partial charge >= 0.3 is 5.97 Å². The van der Waals surface area contributed by atoms with E-state index in [0.717, 1.165) is 12.3 Å². The molecule has 1 rings (SSSR count). The van der Waals surface area contributed by atoms with E-state index in [1.54, 1.807) is 0 Å². The smallest absolute Gasteiger partial charge is 0.340 e. The van der Waals surface area contributed by atoms with Crippen LogP contribution in [-0.2, 0) is 9.84 Å². The van der Waals surface area contributed by atoms with E-state index in [2.05, 4.69) is 5.32 Å². The summed E-state index contributed by atoms with van der Waals surface area (Å²) in [6.07, 6.45) is 1.07. The van der Waals surface area contributed by atoms with Crippen molar-refractivity contribution < 1.29 is 22.7 Å². The molecule has 0 fully saturated rings. The van der Waals surface area contributed by atoms with Gasteiger partial charge in [-0.15, -0.1) is 0 Å². The molecule has 17 heavy (non-hydrogen) atoms. The van der Waals surface area contributed by atoms with E-state index in [9.17, 15) is 17.6 Å². The van der Waals surface area contributed by atoms with Crippen LogP contribution in [0.3, 0.4) is 0 Å². The number of hydrogen-bond acceptors (Lipinski definition) is 4. The van der Waals surface area contributed by atoms with Gasteiger partial charge in [-0.05, 0) is 12.1 Å². The minimum absolute atomic E-state index is 0.0303. The molecular weight excluding hydrogens is 249 g/mol. The zero-order valence-electron chi connectivity index (χ0n) is 9.10. The van der Waals surface area contributed by atoms with E-state index in [1.165, 1.54) is 12.1 Å². The number of carboxylic acid groups (broad SMARTS) is 1. The van der Waals surface area contributed by atoms with Gasteiger partial charge in [-0.3, -0.25) is 0 Å². The van der Waals surface area contributed by atoms with Gasteiger partial charge in [0.05, 0.1) is 11.4 Å². The highest BCUT2D eigenvalue weighted by Crippen LogP contribution is 2.18. The normalized spacial score (nSPS) is 11.2. The standard InChI is InChI=1S/C10H12FNO4S/c1-17(15,16)6-5-12-8-4-2-3-7(11)9(8)10(13)14/h2-4,12H,5-6H2,1H3,(H,13,14). The van der Waals surface area contributed by atoms with Crippen molar-refractivity contribution in [1.29, 1.82) is 0 Å². The highest BCUT2D eigenvalue weighted by atomic mass is 32.2. The Morgan fingerprint density at radius 2 is 2.12 bits per heavy atom. The van der Waals surface area contributed by atoms with Gasteiger partial charge in [0.2, 0.25) is 0 Å². The SMILES string of the molecule is CS(=O)(=O)CCNc1cccc(F)c1C(=O)O. The van der Waals surface area contributed by atoms with E-state index in [-0.39, 0.29) is 18.0 Å². The molecule has 1 aromatic rings. The number of carboxylic acids is 1. The molecule has 0 saturated carbocycles. The van der Waals surface area contributed by atoms with Crippen LogP contribution in [0.25, 0.3) is 0 Å². The van der Waals surface area contributed by atoms with E-state index in [1.807, 2.05) is 0 Å². The Morgan fingerprint density at radius 3 is 2.65 bits per heavy atom. The van der Waals surface area contributed by atoms with Crippen LogP contribution in [0.2, 0.25) is 0 Å². The van der Waals surface area contributed by atoms with Crippen molar-refractivity contribution in [2.45, 2.75) is 0 Å². The number of rotatable bonds is 5. The number of nitrogens with one attached hydrogen (secondary N) is 1. The van der Waals surface area contributed by atoms with E-state index < -0.39 is 27.2 Å². The first kappa shape index (κ1) is 13.4. The second-order valence-corrected chi connectivity index (χ2v) is 5.78. The van der Waals surface area contributed by atoms with Crippen molar-refractivity contribution in [2.75, 3.05) is 23.9 Å². The highest BCUT2D eigenvalue weighted by molar-refractivity contribution is 7.90. The summed E-state index contributed by atoms with van der Waals surface area (Å²) < 4.78 is 35.0. The Labute approximate surface area is 98.2 Å². The number of hydrogen-bond donors (Lipinski definition) is 2. The molecule has 2 N–H and O–H groups in total. The Morgan fingerprint density at radius 1 is 1.47 bits per heavy atom. The third-order valence-electron chi connectivity index (χ3n) is 2.02. The average molecular weight is 261 g/mol. The minimum atomic E-state index is -3.14. The zero-order chi connectivity index (χ0) is 13.1. The average Bonchev–Trinajstić information content (AvgIpc) is 2.14. The van der Waals surface area contributed by atoms with Crippen LogP contribution in [0, 0.1) is 5.82 Å². The van der Waals surface area contributed by atoms with Crippen molar-refractivity contribution in [3.63, 3.8) is 0 Å². The fourth-order valence-electron chi connectivity index (χ4n) is 1.26. The third kappa shape index (κ3) is 4.03. The summed E-state index contributed by atoms with van der Waals surface area (Å²) in [6.45, 7) is 0.0303.